The van der Waals surface area contributed by atoms with Crippen molar-refractivity contribution in [3.63, 3.8) is 0 Å². The van der Waals surface area contributed by atoms with Gasteiger partial charge in [0.05, 0.1) is 6.61 Å². The fourth-order valence-corrected chi connectivity index (χ4v) is 6.55. The van der Waals surface area contributed by atoms with Crippen molar-refractivity contribution in [3.05, 3.63) is 0 Å². The average molecular weight is 644 g/mol. The number of rotatable bonds is 37. The zero-order valence-electron chi connectivity index (χ0n) is 29.9. The van der Waals surface area contributed by atoms with Crippen LogP contribution in [0, 0.1) is 0 Å². The van der Waals surface area contributed by atoms with E-state index in [1.54, 1.807) is 0 Å². The monoisotopic (exact) mass is 644 g/mol. The van der Waals surface area contributed by atoms with Gasteiger partial charge in [0, 0.05) is 19.6 Å². The Hall–Kier alpha value is -0.380. The van der Waals surface area contributed by atoms with E-state index in [-0.39, 0.29) is 5.91 Å². The molecular weight excluding hydrogens is 565 g/mol. The van der Waals surface area contributed by atoms with E-state index in [0.29, 0.717) is 13.0 Å². The number of unbranched alkanes of at least 4 members (excludes halogenated alkanes) is 30. The van der Waals surface area contributed by atoms with Crippen LogP contribution in [0.2, 0.25) is 0 Å². The lowest BCUT2D eigenvalue weighted by Gasteiger charge is -2.07. The minimum atomic E-state index is -3.34. The molecule has 1 amide bonds. The zero-order chi connectivity index (χ0) is 32.2. The number of carbonyl (C=O) groups is 1. The zero-order valence-corrected chi connectivity index (χ0v) is 30.8. The minimum Gasteiger partial charge on any atom is -0.356 e. The summed E-state index contributed by atoms with van der Waals surface area (Å²) in [7, 11) is -3.34. The molecule has 5 nitrogen and oxygen atoms in total. The summed E-state index contributed by atoms with van der Waals surface area (Å²) in [5.74, 6) is 0.176. The molecule has 0 aromatic heterocycles. The van der Waals surface area contributed by atoms with Crippen molar-refractivity contribution in [2.45, 2.75) is 219 Å². The first-order valence-electron chi connectivity index (χ1n) is 19.7. The SMILES string of the molecule is CCCCCCCCCCCCCCCCCCCCCCCCCCCCCCC(=O)NCCCCCCOP(C)(=O)O. The van der Waals surface area contributed by atoms with Crippen LogP contribution in [0.1, 0.15) is 219 Å². The van der Waals surface area contributed by atoms with Crippen LogP contribution in [0.5, 0.6) is 0 Å². The number of hydrogen-bond donors (Lipinski definition) is 2. The highest BCUT2D eigenvalue weighted by molar-refractivity contribution is 7.51. The molecule has 6 heteroatoms. The molecule has 0 aliphatic rings. The Morgan fingerprint density at radius 1 is 0.500 bits per heavy atom. The summed E-state index contributed by atoms with van der Waals surface area (Å²) >= 11 is 0. The lowest BCUT2D eigenvalue weighted by Crippen LogP contribution is -2.23. The Kier molecular flexibility index (Phi) is 35.2. The molecule has 0 rings (SSSR count). The Bertz CT molecular complexity index is 624. The van der Waals surface area contributed by atoms with Gasteiger partial charge in [0.2, 0.25) is 5.91 Å². The predicted molar refractivity (Wildman–Crippen MR) is 193 cm³/mol. The summed E-state index contributed by atoms with van der Waals surface area (Å²) in [5, 5.41) is 3.01. The first kappa shape index (κ1) is 43.6. The molecule has 1 unspecified atom stereocenters. The normalized spacial score (nSPS) is 12.9. The summed E-state index contributed by atoms with van der Waals surface area (Å²) in [6.07, 6.45) is 43.7. The molecule has 0 saturated carbocycles. The quantitative estimate of drug-likeness (QED) is 0.0522. The minimum absolute atomic E-state index is 0.176. The molecule has 0 spiro atoms. The Morgan fingerprint density at radius 2 is 0.795 bits per heavy atom. The van der Waals surface area contributed by atoms with Crippen molar-refractivity contribution >= 4 is 13.5 Å². The molecule has 0 saturated heterocycles. The van der Waals surface area contributed by atoms with E-state index in [9.17, 15) is 9.36 Å². The van der Waals surface area contributed by atoms with Gasteiger partial charge in [-0.3, -0.25) is 9.36 Å². The highest BCUT2D eigenvalue weighted by atomic mass is 31.2. The summed E-state index contributed by atoms with van der Waals surface area (Å²) < 4.78 is 15.9. The van der Waals surface area contributed by atoms with Gasteiger partial charge in [0.15, 0.2) is 0 Å². The lowest BCUT2D eigenvalue weighted by atomic mass is 10.0. The summed E-state index contributed by atoms with van der Waals surface area (Å²) in [4.78, 5) is 21.0. The molecule has 44 heavy (non-hydrogen) atoms. The van der Waals surface area contributed by atoms with Gasteiger partial charge in [-0.05, 0) is 19.3 Å². The molecule has 0 radical (unpaired) electrons. The molecule has 264 valence electrons. The third-order valence-electron chi connectivity index (χ3n) is 8.98. The van der Waals surface area contributed by atoms with Gasteiger partial charge in [-0.2, -0.15) is 0 Å². The van der Waals surface area contributed by atoms with Gasteiger partial charge in [-0.25, -0.2) is 0 Å². The molecule has 2 N–H and O–H groups in total. The molecule has 0 bridgehead atoms. The Balaban J connectivity index is 3.14. The van der Waals surface area contributed by atoms with Crippen LogP contribution < -0.4 is 5.32 Å². The van der Waals surface area contributed by atoms with Crippen LogP contribution in [0.15, 0.2) is 0 Å². The highest BCUT2D eigenvalue weighted by Gasteiger charge is 2.08. The van der Waals surface area contributed by atoms with Gasteiger partial charge < -0.3 is 14.7 Å². The van der Waals surface area contributed by atoms with E-state index < -0.39 is 7.60 Å². The third-order valence-corrected chi connectivity index (χ3v) is 9.64. The molecule has 0 heterocycles. The first-order chi connectivity index (χ1) is 21.5. The van der Waals surface area contributed by atoms with Crippen molar-refractivity contribution in [2.75, 3.05) is 19.8 Å². The van der Waals surface area contributed by atoms with Crippen LogP contribution in [0.4, 0.5) is 0 Å². The maximum Gasteiger partial charge on any atom is 0.325 e. The molecule has 0 aliphatic heterocycles. The van der Waals surface area contributed by atoms with Gasteiger partial charge >= 0.3 is 7.60 Å². The second kappa shape index (κ2) is 35.5. The molecule has 0 fully saturated rings. The van der Waals surface area contributed by atoms with Crippen LogP contribution in [-0.4, -0.2) is 30.6 Å². The number of carbonyl (C=O) groups excluding carboxylic acids is 1. The van der Waals surface area contributed by atoms with E-state index in [1.165, 1.54) is 180 Å². The first-order valence-corrected chi connectivity index (χ1v) is 21.7. The van der Waals surface area contributed by atoms with Crippen molar-refractivity contribution in [1.82, 2.24) is 5.32 Å². The second-order valence-electron chi connectivity index (χ2n) is 13.7. The lowest BCUT2D eigenvalue weighted by molar-refractivity contribution is -0.121. The van der Waals surface area contributed by atoms with Gasteiger partial charge in [-0.15, -0.1) is 0 Å². The molecule has 1 atom stereocenters. The van der Waals surface area contributed by atoms with Crippen molar-refractivity contribution in [3.8, 4) is 0 Å². The van der Waals surface area contributed by atoms with E-state index in [0.717, 1.165) is 38.6 Å². The third kappa shape index (κ3) is 39.6. The standard InChI is InChI=1S/C38H78NO4P/c1-3-4-5-6-7-8-9-10-11-12-13-14-15-16-17-18-19-20-21-22-23-24-25-26-27-28-29-32-35-38(40)39-36-33-30-31-34-37-43-44(2,41)42/h3-37H2,1-2H3,(H,39,40)(H,41,42). The van der Waals surface area contributed by atoms with Crippen molar-refractivity contribution in [2.24, 2.45) is 0 Å². The largest absolute Gasteiger partial charge is 0.356 e. The van der Waals surface area contributed by atoms with E-state index in [1.807, 2.05) is 0 Å². The molecular formula is C38H78NO4P. The number of hydrogen-bond acceptors (Lipinski definition) is 3. The fraction of sp³-hybridized carbons (Fsp3) is 0.974. The molecule has 0 aromatic rings. The maximum atomic E-state index is 11.9. The average Bonchev–Trinajstić information content (AvgIpc) is 2.99. The number of nitrogens with one attached hydrogen (secondary N) is 1. The van der Waals surface area contributed by atoms with Crippen LogP contribution in [0.3, 0.4) is 0 Å². The maximum absolute atomic E-state index is 11.9. The van der Waals surface area contributed by atoms with Gasteiger partial charge in [0.1, 0.15) is 0 Å². The van der Waals surface area contributed by atoms with Gasteiger partial charge in [0.25, 0.3) is 0 Å². The highest BCUT2D eigenvalue weighted by Crippen LogP contribution is 2.36. The Labute approximate surface area is 275 Å². The second-order valence-corrected chi connectivity index (χ2v) is 15.6. The Morgan fingerprint density at radius 3 is 1.14 bits per heavy atom. The number of amides is 1. The van der Waals surface area contributed by atoms with E-state index in [2.05, 4.69) is 12.2 Å². The molecule has 0 aliphatic carbocycles. The van der Waals surface area contributed by atoms with Crippen molar-refractivity contribution < 1.29 is 18.8 Å². The van der Waals surface area contributed by atoms with Crippen LogP contribution in [-0.2, 0) is 13.9 Å². The topological polar surface area (TPSA) is 75.6 Å². The smallest absolute Gasteiger partial charge is 0.325 e. The summed E-state index contributed by atoms with van der Waals surface area (Å²) in [6, 6.07) is 0. The molecule has 0 aromatic carbocycles. The van der Waals surface area contributed by atoms with Crippen molar-refractivity contribution in [1.29, 1.82) is 0 Å². The van der Waals surface area contributed by atoms with Crippen LogP contribution >= 0.6 is 7.60 Å². The predicted octanol–water partition coefficient (Wildman–Crippen LogP) is 12.8. The van der Waals surface area contributed by atoms with E-state index >= 15 is 0 Å². The van der Waals surface area contributed by atoms with E-state index in [4.69, 9.17) is 9.42 Å². The summed E-state index contributed by atoms with van der Waals surface area (Å²) in [5.41, 5.74) is 0. The fourth-order valence-electron chi connectivity index (χ4n) is 6.09. The summed E-state index contributed by atoms with van der Waals surface area (Å²) in [6.45, 7) is 4.57. The van der Waals surface area contributed by atoms with Crippen LogP contribution in [0.25, 0.3) is 0 Å². The van der Waals surface area contributed by atoms with Gasteiger partial charge in [-0.1, -0.05) is 193 Å².